The largest absolute Gasteiger partial charge is 0.361 e. The molecule has 1 fully saturated rings. The van der Waals surface area contributed by atoms with Crippen LogP contribution in [0.3, 0.4) is 0 Å². The molecule has 1 heterocycles. The van der Waals surface area contributed by atoms with Crippen LogP contribution in [0.5, 0.6) is 0 Å². The highest BCUT2D eigenvalue weighted by atomic mass is 35.5. The van der Waals surface area contributed by atoms with Crippen LogP contribution in [0.4, 0.5) is 0 Å². The fourth-order valence-electron chi connectivity index (χ4n) is 1.99. The maximum absolute atomic E-state index is 6.11. The molecule has 3 heteroatoms. The summed E-state index contributed by atoms with van der Waals surface area (Å²) in [6.45, 7) is 0. The zero-order chi connectivity index (χ0) is 9.60. The van der Waals surface area contributed by atoms with Gasteiger partial charge < -0.3 is 10.7 Å². The topological polar surface area (TPSA) is 41.8 Å². The number of hydrogen-bond acceptors (Lipinski definition) is 1. The van der Waals surface area contributed by atoms with Crippen LogP contribution < -0.4 is 5.73 Å². The summed E-state index contributed by atoms with van der Waals surface area (Å²) in [5.41, 5.74) is 8.79. The van der Waals surface area contributed by atoms with Crippen molar-refractivity contribution < 1.29 is 0 Å². The second-order valence-corrected chi connectivity index (χ2v) is 4.40. The van der Waals surface area contributed by atoms with E-state index in [1.54, 1.807) is 0 Å². The molecule has 0 bridgehead atoms. The number of nitrogens with two attached hydrogens (primary N) is 1. The SMILES string of the molecule is Cl.NC1(Cc2c[nH]c3ccccc23)CC1. The molecule has 0 unspecified atom stereocenters. The van der Waals surface area contributed by atoms with E-state index < -0.39 is 0 Å². The van der Waals surface area contributed by atoms with E-state index in [1.165, 1.54) is 29.3 Å². The predicted octanol–water partition coefficient (Wildman–Crippen LogP) is 2.62. The number of para-hydroxylation sites is 1. The van der Waals surface area contributed by atoms with Gasteiger partial charge in [0.15, 0.2) is 0 Å². The van der Waals surface area contributed by atoms with E-state index in [1.807, 2.05) is 0 Å². The lowest BCUT2D eigenvalue weighted by atomic mass is 10.0. The molecule has 1 saturated carbocycles. The molecular formula is C12H15ClN2. The number of halogens is 1. The summed E-state index contributed by atoms with van der Waals surface area (Å²) in [7, 11) is 0. The minimum absolute atomic E-state index is 0. The van der Waals surface area contributed by atoms with Gasteiger partial charge in [-0.2, -0.15) is 0 Å². The average Bonchev–Trinajstić information content (AvgIpc) is 2.77. The number of aromatic nitrogens is 1. The summed E-state index contributed by atoms with van der Waals surface area (Å²) < 4.78 is 0. The second-order valence-electron chi connectivity index (χ2n) is 4.40. The van der Waals surface area contributed by atoms with Crippen molar-refractivity contribution in [3.05, 3.63) is 36.0 Å². The van der Waals surface area contributed by atoms with Crippen LogP contribution >= 0.6 is 12.4 Å². The minimum Gasteiger partial charge on any atom is -0.361 e. The first kappa shape index (κ1) is 10.5. The highest BCUT2D eigenvalue weighted by Crippen LogP contribution is 2.37. The maximum atomic E-state index is 6.11. The van der Waals surface area contributed by atoms with Gasteiger partial charge in [0.05, 0.1) is 0 Å². The van der Waals surface area contributed by atoms with E-state index in [9.17, 15) is 0 Å². The minimum atomic E-state index is 0. The lowest BCUT2D eigenvalue weighted by molar-refractivity contribution is 0.675. The molecule has 3 N–H and O–H groups in total. The van der Waals surface area contributed by atoms with E-state index in [4.69, 9.17) is 5.73 Å². The highest BCUT2D eigenvalue weighted by Gasteiger charge is 2.38. The number of H-pyrrole nitrogens is 1. The number of nitrogens with one attached hydrogen (secondary N) is 1. The normalized spacial score (nSPS) is 17.4. The molecule has 1 aliphatic carbocycles. The Kier molecular flexibility index (Phi) is 2.49. The van der Waals surface area contributed by atoms with Gasteiger partial charge in [0, 0.05) is 22.6 Å². The Labute approximate surface area is 95.3 Å². The molecule has 15 heavy (non-hydrogen) atoms. The summed E-state index contributed by atoms with van der Waals surface area (Å²) in [5, 5.41) is 1.32. The van der Waals surface area contributed by atoms with Gasteiger partial charge in [-0.25, -0.2) is 0 Å². The second kappa shape index (κ2) is 3.54. The average molecular weight is 223 g/mol. The Hall–Kier alpha value is -0.990. The smallest absolute Gasteiger partial charge is 0.0456 e. The summed E-state index contributed by atoms with van der Waals surface area (Å²) in [4.78, 5) is 3.28. The third-order valence-corrected chi connectivity index (χ3v) is 3.11. The van der Waals surface area contributed by atoms with Gasteiger partial charge in [-0.15, -0.1) is 12.4 Å². The molecule has 0 aliphatic heterocycles. The number of hydrogen-bond donors (Lipinski definition) is 2. The Morgan fingerprint density at radius 3 is 2.73 bits per heavy atom. The zero-order valence-electron chi connectivity index (χ0n) is 8.49. The lowest BCUT2D eigenvalue weighted by Crippen LogP contribution is -2.24. The van der Waals surface area contributed by atoms with Crippen molar-refractivity contribution in [2.45, 2.75) is 24.8 Å². The number of fused-ring (bicyclic) bond motifs is 1. The third kappa shape index (κ3) is 1.87. The molecule has 80 valence electrons. The van der Waals surface area contributed by atoms with E-state index >= 15 is 0 Å². The Morgan fingerprint density at radius 2 is 2.00 bits per heavy atom. The van der Waals surface area contributed by atoms with Crippen molar-refractivity contribution in [2.24, 2.45) is 5.73 Å². The molecule has 0 saturated heterocycles. The standard InChI is InChI=1S/C12H14N2.ClH/c13-12(5-6-12)7-9-8-14-11-4-2-1-3-10(9)11;/h1-4,8,14H,5-7,13H2;1H. The summed E-state index contributed by atoms with van der Waals surface area (Å²) in [6.07, 6.45) is 5.45. The van der Waals surface area contributed by atoms with Crippen molar-refractivity contribution in [2.75, 3.05) is 0 Å². The van der Waals surface area contributed by atoms with E-state index in [0.717, 1.165) is 6.42 Å². The molecule has 2 aromatic rings. The van der Waals surface area contributed by atoms with Gasteiger partial charge in [0.2, 0.25) is 0 Å². The molecular weight excluding hydrogens is 208 g/mol. The van der Waals surface area contributed by atoms with Gasteiger partial charge in [-0.05, 0) is 30.9 Å². The molecule has 0 atom stereocenters. The summed E-state index contributed by atoms with van der Waals surface area (Å²) >= 11 is 0. The van der Waals surface area contributed by atoms with Crippen LogP contribution in [0, 0.1) is 0 Å². The Balaban J connectivity index is 0.000000853. The Morgan fingerprint density at radius 1 is 1.27 bits per heavy atom. The van der Waals surface area contributed by atoms with Crippen molar-refractivity contribution in [3.63, 3.8) is 0 Å². The van der Waals surface area contributed by atoms with Crippen LogP contribution in [0.25, 0.3) is 10.9 Å². The number of rotatable bonds is 2. The molecule has 1 aliphatic rings. The van der Waals surface area contributed by atoms with Gasteiger partial charge in [-0.1, -0.05) is 18.2 Å². The zero-order valence-corrected chi connectivity index (χ0v) is 9.31. The maximum Gasteiger partial charge on any atom is 0.0456 e. The van der Waals surface area contributed by atoms with Crippen molar-refractivity contribution in [1.82, 2.24) is 4.98 Å². The predicted molar refractivity (Wildman–Crippen MR) is 65.4 cm³/mol. The van der Waals surface area contributed by atoms with Gasteiger partial charge in [0.1, 0.15) is 0 Å². The van der Waals surface area contributed by atoms with Crippen LogP contribution in [-0.2, 0) is 6.42 Å². The lowest BCUT2D eigenvalue weighted by Gasteiger charge is -2.06. The third-order valence-electron chi connectivity index (χ3n) is 3.11. The van der Waals surface area contributed by atoms with Crippen LogP contribution in [0.2, 0.25) is 0 Å². The fourth-order valence-corrected chi connectivity index (χ4v) is 1.99. The molecule has 1 aromatic carbocycles. The van der Waals surface area contributed by atoms with Gasteiger partial charge in [-0.3, -0.25) is 0 Å². The van der Waals surface area contributed by atoms with Crippen molar-refractivity contribution >= 4 is 23.3 Å². The van der Waals surface area contributed by atoms with Crippen LogP contribution in [0.1, 0.15) is 18.4 Å². The van der Waals surface area contributed by atoms with E-state index in [-0.39, 0.29) is 17.9 Å². The molecule has 2 nitrogen and oxygen atoms in total. The molecule has 0 amide bonds. The van der Waals surface area contributed by atoms with Crippen LogP contribution in [-0.4, -0.2) is 10.5 Å². The van der Waals surface area contributed by atoms with Gasteiger partial charge >= 0.3 is 0 Å². The fraction of sp³-hybridized carbons (Fsp3) is 0.333. The first-order valence-electron chi connectivity index (χ1n) is 5.11. The van der Waals surface area contributed by atoms with E-state index in [0.29, 0.717) is 0 Å². The number of aromatic amines is 1. The molecule has 0 radical (unpaired) electrons. The molecule has 0 spiro atoms. The number of benzene rings is 1. The first-order chi connectivity index (χ1) is 6.77. The van der Waals surface area contributed by atoms with Crippen LogP contribution in [0.15, 0.2) is 30.5 Å². The summed E-state index contributed by atoms with van der Waals surface area (Å²) in [5.74, 6) is 0. The monoisotopic (exact) mass is 222 g/mol. The summed E-state index contributed by atoms with van der Waals surface area (Å²) in [6, 6.07) is 8.40. The molecule has 1 aromatic heterocycles. The quantitative estimate of drug-likeness (QED) is 0.806. The highest BCUT2D eigenvalue weighted by molar-refractivity contribution is 5.85. The molecule has 3 rings (SSSR count). The van der Waals surface area contributed by atoms with Gasteiger partial charge in [0.25, 0.3) is 0 Å². The first-order valence-corrected chi connectivity index (χ1v) is 5.11. The Bertz CT molecular complexity index is 471. The van der Waals surface area contributed by atoms with Crippen molar-refractivity contribution in [1.29, 1.82) is 0 Å². The van der Waals surface area contributed by atoms with E-state index in [2.05, 4.69) is 35.4 Å². The van der Waals surface area contributed by atoms with Crippen molar-refractivity contribution in [3.8, 4) is 0 Å².